The summed E-state index contributed by atoms with van der Waals surface area (Å²) in [5.74, 6) is -4.14. The zero-order chi connectivity index (χ0) is 11.0. The van der Waals surface area contributed by atoms with Gasteiger partial charge in [0, 0.05) is 11.5 Å². The maximum absolute atomic E-state index is 13.2. The summed E-state index contributed by atoms with van der Waals surface area (Å²) >= 11 is 0. The van der Waals surface area contributed by atoms with Gasteiger partial charge in [-0.3, -0.25) is 0 Å². The van der Waals surface area contributed by atoms with E-state index in [0.717, 1.165) is 6.07 Å². The standard InChI is InChI=1S/C10H3F3N2/c11-7-3-8-6(9(12)10(7)13)2-1-5(4-14)15-8/h1-3H. The molecule has 2 rings (SSSR count). The van der Waals surface area contributed by atoms with Crippen LogP contribution in [0.1, 0.15) is 5.69 Å². The lowest BCUT2D eigenvalue weighted by Crippen LogP contribution is -1.94. The van der Waals surface area contributed by atoms with E-state index in [4.69, 9.17) is 5.26 Å². The first-order chi connectivity index (χ1) is 7.13. The van der Waals surface area contributed by atoms with Gasteiger partial charge in [-0.05, 0) is 12.1 Å². The van der Waals surface area contributed by atoms with Crippen LogP contribution in [0, 0.1) is 28.8 Å². The largest absolute Gasteiger partial charge is 0.237 e. The Labute approximate surface area is 82.6 Å². The van der Waals surface area contributed by atoms with Crippen molar-refractivity contribution in [3.8, 4) is 6.07 Å². The SMILES string of the molecule is N#Cc1ccc2c(F)c(F)c(F)cc2n1. The van der Waals surface area contributed by atoms with Gasteiger partial charge in [0.25, 0.3) is 0 Å². The quantitative estimate of drug-likeness (QED) is 0.623. The molecule has 2 nitrogen and oxygen atoms in total. The number of pyridine rings is 1. The monoisotopic (exact) mass is 208 g/mol. The highest BCUT2D eigenvalue weighted by atomic mass is 19.2. The smallest absolute Gasteiger partial charge is 0.195 e. The van der Waals surface area contributed by atoms with Crippen molar-refractivity contribution in [2.45, 2.75) is 0 Å². The molecule has 5 heteroatoms. The first kappa shape index (κ1) is 9.46. The molecular weight excluding hydrogens is 205 g/mol. The van der Waals surface area contributed by atoms with Crippen LogP contribution in [0.25, 0.3) is 10.9 Å². The molecule has 0 saturated carbocycles. The number of hydrogen-bond acceptors (Lipinski definition) is 2. The fourth-order valence-corrected chi connectivity index (χ4v) is 1.24. The summed E-state index contributed by atoms with van der Waals surface area (Å²) in [4.78, 5) is 3.65. The van der Waals surface area contributed by atoms with Gasteiger partial charge in [-0.1, -0.05) is 0 Å². The summed E-state index contributed by atoms with van der Waals surface area (Å²) in [6.45, 7) is 0. The lowest BCUT2D eigenvalue weighted by Gasteiger charge is -2.01. The molecule has 74 valence electrons. The molecule has 0 N–H and O–H groups in total. The van der Waals surface area contributed by atoms with E-state index in [2.05, 4.69) is 4.98 Å². The van der Waals surface area contributed by atoms with E-state index in [9.17, 15) is 13.2 Å². The Kier molecular flexibility index (Phi) is 2.05. The molecule has 0 unspecified atom stereocenters. The van der Waals surface area contributed by atoms with Crippen molar-refractivity contribution < 1.29 is 13.2 Å². The second kappa shape index (κ2) is 3.24. The van der Waals surface area contributed by atoms with Gasteiger partial charge in [-0.2, -0.15) is 5.26 Å². The second-order valence-electron chi connectivity index (χ2n) is 2.86. The van der Waals surface area contributed by atoms with Crippen LogP contribution in [-0.2, 0) is 0 Å². The number of rotatable bonds is 0. The summed E-state index contributed by atoms with van der Waals surface area (Å²) in [7, 11) is 0. The molecule has 1 heterocycles. The molecule has 0 spiro atoms. The molecule has 0 atom stereocenters. The molecule has 0 saturated heterocycles. The molecule has 0 bridgehead atoms. The number of aromatic nitrogens is 1. The molecule has 0 radical (unpaired) electrons. The highest BCUT2D eigenvalue weighted by Crippen LogP contribution is 2.21. The van der Waals surface area contributed by atoms with Crippen molar-refractivity contribution in [3.05, 3.63) is 41.3 Å². The summed E-state index contributed by atoms with van der Waals surface area (Å²) < 4.78 is 38.8. The van der Waals surface area contributed by atoms with Crippen molar-refractivity contribution in [2.75, 3.05) is 0 Å². The van der Waals surface area contributed by atoms with Gasteiger partial charge in [0.05, 0.1) is 5.52 Å². The van der Waals surface area contributed by atoms with E-state index in [1.807, 2.05) is 0 Å². The molecule has 0 fully saturated rings. The van der Waals surface area contributed by atoms with Crippen LogP contribution >= 0.6 is 0 Å². The van der Waals surface area contributed by atoms with Crippen LogP contribution in [0.2, 0.25) is 0 Å². The molecule has 2 aromatic rings. The molecule has 15 heavy (non-hydrogen) atoms. The van der Waals surface area contributed by atoms with Gasteiger partial charge >= 0.3 is 0 Å². The average Bonchev–Trinajstić information content (AvgIpc) is 2.25. The van der Waals surface area contributed by atoms with Crippen molar-refractivity contribution in [2.24, 2.45) is 0 Å². The van der Waals surface area contributed by atoms with Gasteiger partial charge in [0.2, 0.25) is 0 Å². The van der Waals surface area contributed by atoms with Crippen LogP contribution in [0.5, 0.6) is 0 Å². The van der Waals surface area contributed by atoms with E-state index < -0.39 is 17.5 Å². The van der Waals surface area contributed by atoms with E-state index in [1.165, 1.54) is 12.1 Å². The minimum Gasteiger partial charge on any atom is -0.237 e. The molecule has 1 aromatic carbocycles. The molecule has 0 amide bonds. The first-order valence-corrected chi connectivity index (χ1v) is 3.98. The highest BCUT2D eigenvalue weighted by Gasteiger charge is 2.14. The lowest BCUT2D eigenvalue weighted by atomic mass is 10.2. The van der Waals surface area contributed by atoms with E-state index in [0.29, 0.717) is 0 Å². The number of hydrogen-bond donors (Lipinski definition) is 0. The highest BCUT2D eigenvalue weighted by molar-refractivity contribution is 5.79. The Morgan fingerprint density at radius 3 is 2.53 bits per heavy atom. The molecule has 0 aliphatic rings. The molecule has 0 aliphatic carbocycles. The maximum Gasteiger partial charge on any atom is 0.195 e. The van der Waals surface area contributed by atoms with Crippen molar-refractivity contribution in [1.82, 2.24) is 4.98 Å². The molecular formula is C10H3F3N2. The topological polar surface area (TPSA) is 36.7 Å². The fourth-order valence-electron chi connectivity index (χ4n) is 1.24. The Morgan fingerprint density at radius 2 is 1.87 bits per heavy atom. The third-order valence-corrected chi connectivity index (χ3v) is 1.94. The summed E-state index contributed by atoms with van der Waals surface area (Å²) in [6, 6.07) is 4.91. The van der Waals surface area contributed by atoms with E-state index >= 15 is 0 Å². The van der Waals surface area contributed by atoms with Crippen LogP contribution in [0.4, 0.5) is 13.2 Å². The van der Waals surface area contributed by atoms with E-state index in [-0.39, 0.29) is 16.6 Å². The van der Waals surface area contributed by atoms with Gasteiger partial charge in [0.1, 0.15) is 11.8 Å². The third kappa shape index (κ3) is 1.40. The predicted molar refractivity (Wildman–Crippen MR) is 46.3 cm³/mol. The zero-order valence-corrected chi connectivity index (χ0v) is 7.26. The number of halogens is 3. The second-order valence-corrected chi connectivity index (χ2v) is 2.86. The van der Waals surface area contributed by atoms with Gasteiger partial charge < -0.3 is 0 Å². The number of nitrogens with zero attached hydrogens (tertiary/aromatic N) is 2. The summed E-state index contributed by atoms with van der Waals surface area (Å²) in [5.41, 5.74) is -0.0571. The van der Waals surface area contributed by atoms with Crippen molar-refractivity contribution in [3.63, 3.8) is 0 Å². The zero-order valence-electron chi connectivity index (χ0n) is 7.26. The molecule has 0 aliphatic heterocycles. The van der Waals surface area contributed by atoms with Gasteiger partial charge in [-0.25, -0.2) is 18.2 Å². The van der Waals surface area contributed by atoms with Crippen LogP contribution in [0.3, 0.4) is 0 Å². The van der Waals surface area contributed by atoms with E-state index in [1.54, 1.807) is 6.07 Å². The van der Waals surface area contributed by atoms with Gasteiger partial charge in [-0.15, -0.1) is 0 Å². The van der Waals surface area contributed by atoms with Crippen molar-refractivity contribution >= 4 is 10.9 Å². The minimum absolute atomic E-state index is 0.0212. The average molecular weight is 208 g/mol. The van der Waals surface area contributed by atoms with Gasteiger partial charge in [0.15, 0.2) is 17.5 Å². The summed E-state index contributed by atoms with van der Waals surface area (Å²) in [5, 5.41) is 8.37. The Balaban J connectivity index is 2.87. The Morgan fingerprint density at radius 1 is 1.13 bits per heavy atom. The van der Waals surface area contributed by atoms with Crippen LogP contribution in [0.15, 0.2) is 18.2 Å². The Bertz CT molecular complexity index is 587. The summed E-state index contributed by atoms with van der Waals surface area (Å²) in [6.07, 6.45) is 0. The third-order valence-electron chi connectivity index (χ3n) is 1.94. The normalized spacial score (nSPS) is 10.3. The van der Waals surface area contributed by atoms with Crippen LogP contribution in [-0.4, -0.2) is 4.98 Å². The number of fused-ring (bicyclic) bond motifs is 1. The predicted octanol–water partition coefficient (Wildman–Crippen LogP) is 2.52. The molecule has 1 aromatic heterocycles. The van der Waals surface area contributed by atoms with Crippen LogP contribution < -0.4 is 0 Å². The van der Waals surface area contributed by atoms with Crippen molar-refractivity contribution in [1.29, 1.82) is 5.26 Å². The number of benzene rings is 1. The lowest BCUT2D eigenvalue weighted by molar-refractivity contribution is 0.453. The first-order valence-electron chi connectivity index (χ1n) is 3.98. The maximum atomic E-state index is 13.2. The number of nitriles is 1. The minimum atomic E-state index is -1.53. The Hall–Kier alpha value is -2.09. The fraction of sp³-hybridized carbons (Fsp3) is 0.